The van der Waals surface area contributed by atoms with Crippen LogP contribution in [0.5, 0.6) is 0 Å². The molecule has 4 heteroatoms. The number of rotatable bonds is 4. The average molecular weight is 201 g/mol. The minimum Gasteiger partial charge on any atom is -0.444 e. The molecule has 0 aliphatic carbocycles. The lowest BCUT2D eigenvalue weighted by Gasteiger charge is -2.21. The van der Waals surface area contributed by atoms with Crippen molar-refractivity contribution in [3.63, 3.8) is 0 Å². The Morgan fingerprint density at radius 2 is 2.21 bits per heavy atom. The number of nitrogens with one attached hydrogen (secondary N) is 1. The molecule has 0 spiro atoms. The second-order valence-corrected chi connectivity index (χ2v) is 4.00. The molecule has 0 aromatic heterocycles. The topological polar surface area (TPSA) is 58.6 Å². The lowest BCUT2D eigenvalue weighted by atomic mass is 10.2. The van der Waals surface area contributed by atoms with E-state index >= 15 is 0 Å². The van der Waals surface area contributed by atoms with Crippen LogP contribution in [0, 0.1) is 0 Å². The quantitative estimate of drug-likeness (QED) is 0.677. The van der Waals surface area contributed by atoms with Gasteiger partial charge in [0.05, 0.1) is 6.04 Å². The van der Waals surface area contributed by atoms with E-state index in [9.17, 15) is 4.79 Å². The molecule has 14 heavy (non-hydrogen) atoms. The molecular weight excluding hydrogens is 182 g/mol. The Labute approximate surface area is 85.0 Å². The van der Waals surface area contributed by atoms with Crippen LogP contribution in [0.2, 0.25) is 0 Å². The minimum absolute atomic E-state index is 0.00643. The SMILES string of the molecule is C=C[C@H](CCO)NC(=O)OC(C)(C)C. The predicted octanol–water partition coefficient (Wildman–Crippen LogP) is 1.45. The lowest BCUT2D eigenvalue weighted by Crippen LogP contribution is -2.38. The van der Waals surface area contributed by atoms with E-state index < -0.39 is 11.7 Å². The van der Waals surface area contributed by atoms with Gasteiger partial charge in [0.15, 0.2) is 0 Å². The summed E-state index contributed by atoms with van der Waals surface area (Å²) in [6.07, 6.45) is 1.53. The molecule has 0 heterocycles. The average Bonchev–Trinajstić information content (AvgIpc) is 2.00. The van der Waals surface area contributed by atoms with E-state index in [4.69, 9.17) is 9.84 Å². The third kappa shape index (κ3) is 6.48. The molecule has 0 aliphatic heterocycles. The summed E-state index contributed by atoms with van der Waals surface area (Å²) in [4.78, 5) is 11.2. The van der Waals surface area contributed by atoms with Crippen molar-refractivity contribution in [2.45, 2.75) is 38.8 Å². The summed E-state index contributed by atoms with van der Waals surface area (Å²) in [7, 11) is 0. The highest BCUT2D eigenvalue weighted by molar-refractivity contribution is 5.68. The van der Waals surface area contributed by atoms with Crippen molar-refractivity contribution in [2.24, 2.45) is 0 Å². The molecule has 1 atom stereocenters. The molecule has 0 aromatic carbocycles. The van der Waals surface area contributed by atoms with Crippen molar-refractivity contribution in [1.29, 1.82) is 0 Å². The molecule has 4 nitrogen and oxygen atoms in total. The highest BCUT2D eigenvalue weighted by atomic mass is 16.6. The minimum atomic E-state index is -0.505. The highest BCUT2D eigenvalue weighted by Gasteiger charge is 2.17. The van der Waals surface area contributed by atoms with Crippen LogP contribution >= 0.6 is 0 Å². The number of ether oxygens (including phenoxy) is 1. The van der Waals surface area contributed by atoms with E-state index in [2.05, 4.69) is 11.9 Å². The van der Waals surface area contributed by atoms with Crippen LogP contribution in [0.4, 0.5) is 4.79 Å². The third-order valence-electron chi connectivity index (χ3n) is 1.43. The molecule has 0 bridgehead atoms. The van der Waals surface area contributed by atoms with Gasteiger partial charge < -0.3 is 15.2 Å². The Bertz CT molecular complexity index is 196. The van der Waals surface area contributed by atoms with Gasteiger partial charge >= 0.3 is 6.09 Å². The van der Waals surface area contributed by atoms with Crippen LogP contribution < -0.4 is 5.32 Å². The van der Waals surface area contributed by atoms with Gasteiger partial charge in [-0.1, -0.05) is 6.08 Å². The second-order valence-electron chi connectivity index (χ2n) is 4.00. The molecule has 1 amide bonds. The van der Waals surface area contributed by atoms with Crippen molar-refractivity contribution in [1.82, 2.24) is 5.32 Å². The monoisotopic (exact) mass is 201 g/mol. The van der Waals surface area contributed by atoms with Gasteiger partial charge in [-0.25, -0.2) is 4.79 Å². The van der Waals surface area contributed by atoms with Gasteiger partial charge in [-0.2, -0.15) is 0 Å². The maximum Gasteiger partial charge on any atom is 0.408 e. The molecule has 0 radical (unpaired) electrons. The number of alkyl carbamates (subject to hydrolysis) is 1. The largest absolute Gasteiger partial charge is 0.444 e. The number of amides is 1. The van der Waals surface area contributed by atoms with Crippen molar-refractivity contribution >= 4 is 6.09 Å². The fraction of sp³-hybridized carbons (Fsp3) is 0.700. The molecule has 0 aromatic rings. The highest BCUT2D eigenvalue weighted by Crippen LogP contribution is 2.07. The predicted molar refractivity (Wildman–Crippen MR) is 55.1 cm³/mol. The van der Waals surface area contributed by atoms with Crippen LogP contribution in [0.25, 0.3) is 0 Å². The third-order valence-corrected chi connectivity index (χ3v) is 1.43. The summed E-state index contributed by atoms with van der Waals surface area (Å²) in [5, 5.41) is 11.3. The fourth-order valence-corrected chi connectivity index (χ4v) is 0.847. The van der Waals surface area contributed by atoms with Crippen LogP contribution in [0.1, 0.15) is 27.2 Å². The zero-order valence-electron chi connectivity index (χ0n) is 9.04. The second kappa shape index (κ2) is 5.65. The van der Waals surface area contributed by atoms with Crippen LogP contribution in [-0.2, 0) is 4.74 Å². The van der Waals surface area contributed by atoms with Gasteiger partial charge in [0.2, 0.25) is 0 Å². The standard InChI is InChI=1S/C10H19NO3/c1-5-8(6-7-12)11-9(13)14-10(2,3)4/h5,8,12H,1,6-7H2,2-4H3,(H,11,13)/t8-/m1/s1. The lowest BCUT2D eigenvalue weighted by molar-refractivity contribution is 0.0509. The van der Waals surface area contributed by atoms with Gasteiger partial charge in [0, 0.05) is 6.61 Å². The zero-order valence-corrected chi connectivity index (χ0v) is 9.04. The number of hydrogen-bond acceptors (Lipinski definition) is 3. The van der Waals surface area contributed by atoms with E-state index in [0.717, 1.165) is 0 Å². The maximum atomic E-state index is 11.2. The number of aliphatic hydroxyl groups is 1. The normalized spacial score (nSPS) is 13.1. The Morgan fingerprint density at radius 1 is 1.64 bits per heavy atom. The van der Waals surface area contributed by atoms with Crippen LogP contribution in [0.3, 0.4) is 0 Å². The Kier molecular flexibility index (Phi) is 5.23. The summed E-state index contributed by atoms with van der Waals surface area (Å²) < 4.78 is 5.04. The summed E-state index contributed by atoms with van der Waals surface area (Å²) in [6, 6.07) is -0.241. The van der Waals surface area contributed by atoms with Gasteiger partial charge in [0.1, 0.15) is 5.60 Å². The molecule has 0 rings (SSSR count). The molecule has 0 aliphatic rings. The first-order valence-electron chi connectivity index (χ1n) is 4.62. The molecule has 0 saturated heterocycles. The zero-order chi connectivity index (χ0) is 11.2. The maximum absolute atomic E-state index is 11.2. The molecule has 0 saturated carbocycles. The van der Waals surface area contributed by atoms with Crippen LogP contribution in [-0.4, -0.2) is 29.4 Å². The number of aliphatic hydroxyl groups excluding tert-OH is 1. The molecule has 0 fully saturated rings. The van der Waals surface area contributed by atoms with Crippen LogP contribution in [0.15, 0.2) is 12.7 Å². The Balaban J connectivity index is 3.97. The first-order valence-corrected chi connectivity index (χ1v) is 4.62. The molecular formula is C10H19NO3. The van der Waals surface area contributed by atoms with E-state index in [1.165, 1.54) is 0 Å². The number of carbonyl (C=O) groups excluding carboxylic acids is 1. The Morgan fingerprint density at radius 3 is 2.57 bits per heavy atom. The molecule has 0 unspecified atom stereocenters. The molecule has 2 N–H and O–H groups in total. The summed E-state index contributed by atoms with van der Waals surface area (Å²) in [6.45, 7) is 8.93. The van der Waals surface area contributed by atoms with E-state index in [-0.39, 0.29) is 12.6 Å². The van der Waals surface area contributed by atoms with Crippen molar-refractivity contribution < 1.29 is 14.6 Å². The van der Waals surface area contributed by atoms with Crippen molar-refractivity contribution in [2.75, 3.05) is 6.61 Å². The first-order chi connectivity index (χ1) is 6.39. The van der Waals surface area contributed by atoms with E-state index in [1.54, 1.807) is 26.8 Å². The van der Waals surface area contributed by atoms with E-state index in [0.29, 0.717) is 6.42 Å². The van der Waals surface area contributed by atoms with E-state index in [1.807, 2.05) is 0 Å². The summed E-state index contributed by atoms with van der Waals surface area (Å²) in [5.74, 6) is 0. The fourth-order valence-electron chi connectivity index (χ4n) is 0.847. The van der Waals surface area contributed by atoms with Gasteiger partial charge in [-0.3, -0.25) is 0 Å². The van der Waals surface area contributed by atoms with Crippen molar-refractivity contribution in [3.8, 4) is 0 Å². The Hall–Kier alpha value is -1.03. The van der Waals surface area contributed by atoms with Gasteiger partial charge in [0.25, 0.3) is 0 Å². The number of hydrogen-bond donors (Lipinski definition) is 2. The number of carbonyl (C=O) groups is 1. The van der Waals surface area contributed by atoms with Gasteiger partial charge in [-0.15, -0.1) is 6.58 Å². The molecule has 82 valence electrons. The first kappa shape index (κ1) is 13.0. The summed E-state index contributed by atoms with van der Waals surface area (Å²) >= 11 is 0. The smallest absolute Gasteiger partial charge is 0.408 e. The van der Waals surface area contributed by atoms with Gasteiger partial charge in [-0.05, 0) is 27.2 Å². The summed E-state index contributed by atoms with van der Waals surface area (Å²) in [5.41, 5.74) is -0.505. The van der Waals surface area contributed by atoms with Crippen molar-refractivity contribution in [3.05, 3.63) is 12.7 Å².